The van der Waals surface area contributed by atoms with Crippen LogP contribution in [0.15, 0.2) is 76.3 Å². The number of thiocarbonyl (C=S) groups is 1. The summed E-state index contributed by atoms with van der Waals surface area (Å²) in [5, 5.41) is 11.1. The van der Waals surface area contributed by atoms with E-state index < -0.39 is 0 Å². The second-order valence-electron chi connectivity index (χ2n) is 7.89. The Labute approximate surface area is 206 Å². The van der Waals surface area contributed by atoms with E-state index >= 15 is 0 Å². The van der Waals surface area contributed by atoms with Crippen LogP contribution in [0.3, 0.4) is 0 Å². The summed E-state index contributed by atoms with van der Waals surface area (Å²) in [6.07, 6.45) is 0. The van der Waals surface area contributed by atoms with Gasteiger partial charge in [0.2, 0.25) is 5.82 Å². The molecule has 166 valence electrons. The average molecular weight is 493 g/mol. The number of rotatable bonds is 5. The Hall–Kier alpha value is -3.00. The number of allylic oxidation sites excluding steroid dienone is 1. The normalized spacial score (nSPS) is 16.3. The Morgan fingerprint density at radius 1 is 1.12 bits per heavy atom. The lowest BCUT2D eigenvalue weighted by molar-refractivity contribution is 0.396. The molecule has 2 aromatic heterocycles. The zero-order valence-corrected chi connectivity index (χ0v) is 20.5. The first kappa shape index (κ1) is 21.8. The summed E-state index contributed by atoms with van der Waals surface area (Å²) in [6.45, 7) is 4.76. The molecule has 1 N–H and O–H groups in total. The molecular formula is C25H21ClN4OS2. The Morgan fingerprint density at radius 3 is 2.67 bits per heavy atom. The molecule has 0 fully saturated rings. The van der Waals surface area contributed by atoms with Crippen molar-refractivity contribution in [3.63, 3.8) is 0 Å². The van der Waals surface area contributed by atoms with E-state index in [1.54, 1.807) is 11.3 Å². The van der Waals surface area contributed by atoms with Crippen LogP contribution < -0.4 is 5.32 Å². The quantitative estimate of drug-likeness (QED) is 0.316. The molecule has 0 amide bonds. The zero-order chi connectivity index (χ0) is 22.9. The predicted molar refractivity (Wildman–Crippen MR) is 137 cm³/mol. The number of aryl methyl sites for hydroxylation is 1. The highest BCUT2D eigenvalue weighted by molar-refractivity contribution is 7.80. The third-order valence-electron chi connectivity index (χ3n) is 5.64. The molecule has 0 bridgehead atoms. The van der Waals surface area contributed by atoms with E-state index in [0.29, 0.717) is 28.4 Å². The summed E-state index contributed by atoms with van der Waals surface area (Å²) in [4.78, 5) is 8.05. The largest absolute Gasteiger partial charge is 0.351 e. The summed E-state index contributed by atoms with van der Waals surface area (Å²) in [5.41, 5.74) is 4.91. The predicted octanol–water partition coefficient (Wildman–Crippen LogP) is 6.62. The zero-order valence-electron chi connectivity index (χ0n) is 18.1. The number of nitrogens with one attached hydrogen (secondary N) is 1. The van der Waals surface area contributed by atoms with E-state index in [-0.39, 0.29) is 6.04 Å². The van der Waals surface area contributed by atoms with Gasteiger partial charge in [0, 0.05) is 21.2 Å². The number of benzene rings is 2. The van der Waals surface area contributed by atoms with Gasteiger partial charge in [-0.25, -0.2) is 0 Å². The molecule has 2 aromatic carbocycles. The summed E-state index contributed by atoms with van der Waals surface area (Å²) < 4.78 is 5.80. The summed E-state index contributed by atoms with van der Waals surface area (Å²) in [6, 6.07) is 19.7. The Morgan fingerprint density at radius 2 is 1.94 bits per heavy atom. The van der Waals surface area contributed by atoms with Gasteiger partial charge in [0.05, 0.1) is 18.2 Å². The fraction of sp³-hybridized carbons (Fsp3) is 0.160. The van der Waals surface area contributed by atoms with Gasteiger partial charge < -0.3 is 14.7 Å². The number of thiophene rings is 1. The van der Waals surface area contributed by atoms with Crippen LogP contribution in [0.1, 0.15) is 34.9 Å². The van der Waals surface area contributed by atoms with E-state index in [1.807, 2.05) is 68.4 Å². The maximum absolute atomic E-state index is 6.31. The molecule has 4 aromatic rings. The molecule has 1 aliphatic rings. The van der Waals surface area contributed by atoms with E-state index in [4.69, 9.17) is 33.3 Å². The van der Waals surface area contributed by atoms with E-state index in [9.17, 15) is 0 Å². The molecule has 5 rings (SSSR count). The van der Waals surface area contributed by atoms with Crippen molar-refractivity contribution in [1.82, 2.24) is 20.4 Å². The summed E-state index contributed by atoms with van der Waals surface area (Å²) in [7, 11) is 0. The van der Waals surface area contributed by atoms with E-state index in [1.165, 1.54) is 10.4 Å². The van der Waals surface area contributed by atoms with Crippen LogP contribution in [0, 0.1) is 6.92 Å². The van der Waals surface area contributed by atoms with Crippen LogP contribution in [0.25, 0.3) is 17.0 Å². The number of hydrogen-bond acceptors (Lipinski definition) is 5. The van der Waals surface area contributed by atoms with Gasteiger partial charge in [-0.1, -0.05) is 64.8 Å². The van der Waals surface area contributed by atoms with Gasteiger partial charge in [-0.2, -0.15) is 4.98 Å². The lowest BCUT2D eigenvalue weighted by Gasteiger charge is -2.37. The van der Waals surface area contributed by atoms with Crippen LogP contribution in [0.2, 0.25) is 5.02 Å². The van der Waals surface area contributed by atoms with Crippen molar-refractivity contribution in [2.24, 2.45) is 0 Å². The van der Waals surface area contributed by atoms with Crippen molar-refractivity contribution in [1.29, 1.82) is 0 Å². The number of halogens is 1. The van der Waals surface area contributed by atoms with Crippen molar-refractivity contribution in [3.05, 3.63) is 98.7 Å². The minimum absolute atomic E-state index is 0.262. The maximum atomic E-state index is 6.31. The van der Waals surface area contributed by atoms with Crippen LogP contribution in [0.4, 0.5) is 0 Å². The SMILES string of the molecule is CC1=C(c2nc(-c3ccc(C)cc3)no2)C(c2cccc(Cl)c2)NC(=S)N1Cc1cccs1. The van der Waals surface area contributed by atoms with Gasteiger partial charge in [-0.05, 0) is 55.2 Å². The van der Waals surface area contributed by atoms with Crippen LogP contribution >= 0.6 is 35.2 Å². The Kier molecular flexibility index (Phi) is 6.01. The molecular weight excluding hydrogens is 472 g/mol. The van der Waals surface area contributed by atoms with Crippen LogP contribution in [0.5, 0.6) is 0 Å². The van der Waals surface area contributed by atoms with Crippen molar-refractivity contribution in [2.75, 3.05) is 0 Å². The fourth-order valence-corrected chi connectivity index (χ4v) is 5.11. The van der Waals surface area contributed by atoms with Crippen molar-refractivity contribution in [2.45, 2.75) is 26.4 Å². The average Bonchev–Trinajstić information content (AvgIpc) is 3.49. The van der Waals surface area contributed by atoms with Gasteiger partial charge in [0.1, 0.15) is 0 Å². The molecule has 0 saturated heterocycles. The van der Waals surface area contributed by atoms with Crippen molar-refractivity contribution >= 4 is 45.8 Å². The van der Waals surface area contributed by atoms with E-state index in [2.05, 4.69) is 26.8 Å². The Balaban J connectivity index is 1.60. The number of nitrogens with zero attached hydrogens (tertiary/aromatic N) is 3. The minimum atomic E-state index is -0.262. The summed E-state index contributed by atoms with van der Waals surface area (Å²) >= 11 is 13.8. The van der Waals surface area contributed by atoms with Gasteiger partial charge in [-0.3, -0.25) is 0 Å². The van der Waals surface area contributed by atoms with Crippen molar-refractivity contribution < 1.29 is 4.52 Å². The fourth-order valence-electron chi connectivity index (χ4n) is 3.90. The first-order valence-corrected chi connectivity index (χ1v) is 12.1. The van der Waals surface area contributed by atoms with Gasteiger partial charge in [0.25, 0.3) is 5.89 Å². The van der Waals surface area contributed by atoms with Crippen molar-refractivity contribution in [3.8, 4) is 11.4 Å². The molecule has 1 unspecified atom stereocenters. The lowest BCUT2D eigenvalue weighted by atomic mass is 9.95. The van der Waals surface area contributed by atoms with E-state index in [0.717, 1.165) is 22.4 Å². The lowest BCUT2D eigenvalue weighted by Crippen LogP contribution is -2.45. The minimum Gasteiger partial charge on any atom is -0.351 e. The monoisotopic (exact) mass is 492 g/mol. The molecule has 3 heterocycles. The third-order valence-corrected chi connectivity index (χ3v) is 7.07. The molecule has 8 heteroatoms. The van der Waals surface area contributed by atoms with Gasteiger partial charge in [-0.15, -0.1) is 11.3 Å². The highest BCUT2D eigenvalue weighted by Gasteiger charge is 2.34. The maximum Gasteiger partial charge on any atom is 0.258 e. The molecule has 0 radical (unpaired) electrons. The highest BCUT2D eigenvalue weighted by atomic mass is 35.5. The molecule has 0 spiro atoms. The molecule has 33 heavy (non-hydrogen) atoms. The smallest absolute Gasteiger partial charge is 0.258 e. The summed E-state index contributed by atoms with van der Waals surface area (Å²) in [5.74, 6) is 1.01. The highest BCUT2D eigenvalue weighted by Crippen LogP contribution is 2.38. The first-order valence-electron chi connectivity index (χ1n) is 10.5. The molecule has 0 saturated carbocycles. The molecule has 5 nitrogen and oxygen atoms in total. The third kappa shape index (κ3) is 4.44. The second-order valence-corrected chi connectivity index (χ2v) is 9.75. The molecule has 0 aliphatic carbocycles. The van der Waals surface area contributed by atoms with Crippen LogP contribution in [-0.4, -0.2) is 20.2 Å². The number of aromatic nitrogens is 2. The van der Waals surface area contributed by atoms with Crippen LogP contribution in [-0.2, 0) is 6.54 Å². The topological polar surface area (TPSA) is 54.2 Å². The molecule has 1 atom stereocenters. The van der Waals surface area contributed by atoms with Gasteiger partial charge in [0.15, 0.2) is 5.11 Å². The standard InChI is InChI=1S/C25H21ClN4OS2/c1-15-8-10-17(11-9-15)23-28-24(31-29-23)21-16(2)30(14-20-7-4-12-33-20)25(32)27-22(21)18-5-3-6-19(26)13-18/h3-13,22H,14H2,1-2H3,(H,27,32). The first-order chi connectivity index (χ1) is 16.0. The van der Waals surface area contributed by atoms with Gasteiger partial charge >= 0.3 is 0 Å². The second kappa shape index (κ2) is 9.09. The Bertz CT molecular complexity index is 1330. The molecule has 1 aliphatic heterocycles. The number of hydrogen-bond donors (Lipinski definition) is 1.